The Bertz CT molecular complexity index is 1110. The van der Waals surface area contributed by atoms with Gasteiger partial charge in [0, 0.05) is 25.8 Å². The van der Waals surface area contributed by atoms with Crippen molar-refractivity contribution >= 4 is 23.2 Å². The molecule has 0 aliphatic carbocycles. The summed E-state index contributed by atoms with van der Waals surface area (Å²) in [5.41, 5.74) is 4.42. The van der Waals surface area contributed by atoms with Crippen molar-refractivity contribution in [2.24, 2.45) is 5.10 Å². The lowest BCUT2D eigenvalue weighted by molar-refractivity contribution is -0.126. The molecule has 0 N–H and O–H groups in total. The van der Waals surface area contributed by atoms with Crippen LogP contribution in [-0.4, -0.2) is 42.2 Å². The number of ether oxygens (including phenoxy) is 2. The van der Waals surface area contributed by atoms with Crippen LogP contribution in [0.25, 0.3) is 0 Å². The Morgan fingerprint density at radius 2 is 1.84 bits per heavy atom. The van der Waals surface area contributed by atoms with E-state index in [1.165, 1.54) is 10.6 Å². The van der Waals surface area contributed by atoms with Gasteiger partial charge in [-0.1, -0.05) is 12.1 Å². The van der Waals surface area contributed by atoms with Gasteiger partial charge in [-0.25, -0.2) is 5.01 Å². The minimum Gasteiger partial charge on any atom is -0.490 e. The number of nitrogens with zero attached hydrogens (tertiary/aromatic N) is 3. The molecule has 0 saturated heterocycles. The highest BCUT2D eigenvalue weighted by molar-refractivity contribution is 6.40. The van der Waals surface area contributed by atoms with Gasteiger partial charge in [0.15, 0.2) is 11.5 Å². The fourth-order valence-electron chi connectivity index (χ4n) is 4.59. The standard InChI is InChI=1S/C25H27N3O4/c1-16-5-3-6-19(13-16)28-24(29)8-7-21(26-28)25(30)27-10-9-18-14-22-23(15-20(18)17(27)2)32-12-4-11-31-22/h3,5-6,13-15,17H,4,7-12H2,1-2H3. The fourth-order valence-corrected chi connectivity index (χ4v) is 4.59. The monoisotopic (exact) mass is 433 g/mol. The largest absolute Gasteiger partial charge is 0.490 e. The van der Waals surface area contributed by atoms with E-state index in [-0.39, 0.29) is 24.3 Å². The molecule has 0 saturated carbocycles. The van der Waals surface area contributed by atoms with Gasteiger partial charge in [0.2, 0.25) is 5.91 Å². The summed E-state index contributed by atoms with van der Waals surface area (Å²) in [6, 6.07) is 11.6. The minimum atomic E-state index is -0.115. The predicted octanol–water partition coefficient (Wildman–Crippen LogP) is 3.79. The molecule has 0 fully saturated rings. The van der Waals surface area contributed by atoms with Crippen molar-refractivity contribution in [2.75, 3.05) is 24.8 Å². The zero-order chi connectivity index (χ0) is 22.2. The summed E-state index contributed by atoms with van der Waals surface area (Å²) in [6.07, 6.45) is 2.23. The lowest BCUT2D eigenvalue weighted by atomic mass is 9.92. The predicted molar refractivity (Wildman–Crippen MR) is 121 cm³/mol. The first kappa shape index (κ1) is 20.5. The molecular formula is C25H27N3O4. The smallest absolute Gasteiger partial charge is 0.270 e. The molecule has 1 unspecified atom stereocenters. The molecule has 166 valence electrons. The van der Waals surface area contributed by atoms with E-state index in [2.05, 4.69) is 11.2 Å². The fraction of sp³-hybridized carbons (Fsp3) is 0.400. The van der Waals surface area contributed by atoms with Crippen LogP contribution in [-0.2, 0) is 16.0 Å². The van der Waals surface area contributed by atoms with Crippen molar-refractivity contribution in [3.63, 3.8) is 0 Å². The van der Waals surface area contributed by atoms with Crippen molar-refractivity contribution in [2.45, 2.75) is 45.6 Å². The summed E-state index contributed by atoms with van der Waals surface area (Å²) in [6.45, 7) is 5.89. The van der Waals surface area contributed by atoms with Gasteiger partial charge >= 0.3 is 0 Å². The van der Waals surface area contributed by atoms with E-state index < -0.39 is 0 Å². The third-order valence-corrected chi connectivity index (χ3v) is 6.34. The molecule has 1 atom stereocenters. The summed E-state index contributed by atoms with van der Waals surface area (Å²) >= 11 is 0. The van der Waals surface area contributed by atoms with Crippen LogP contribution in [0.1, 0.15) is 48.9 Å². The summed E-state index contributed by atoms with van der Waals surface area (Å²) in [5, 5.41) is 5.86. The van der Waals surface area contributed by atoms with Crippen LogP contribution < -0.4 is 14.5 Å². The van der Waals surface area contributed by atoms with Gasteiger partial charge in [-0.15, -0.1) is 0 Å². The van der Waals surface area contributed by atoms with E-state index >= 15 is 0 Å². The van der Waals surface area contributed by atoms with Crippen LogP contribution in [0, 0.1) is 6.92 Å². The SMILES string of the molecule is Cc1cccc(N2N=C(C(=O)N3CCc4cc5c(cc4C3C)OCCCO5)CCC2=O)c1. The maximum absolute atomic E-state index is 13.5. The second-order valence-corrected chi connectivity index (χ2v) is 8.56. The molecule has 0 bridgehead atoms. The average Bonchev–Trinajstić information content (AvgIpc) is 3.03. The van der Waals surface area contributed by atoms with Crippen LogP contribution in [0.5, 0.6) is 11.5 Å². The van der Waals surface area contributed by atoms with Gasteiger partial charge in [0.1, 0.15) is 5.71 Å². The molecule has 3 heterocycles. The van der Waals surface area contributed by atoms with Crippen LogP contribution in [0.2, 0.25) is 0 Å². The second-order valence-electron chi connectivity index (χ2n) is 8.56. The number of aryl methyl sites for hydroxylation is 1. The molecule has 3 aliphatic rings. The van der Waals surface area contributed by atoms with Gasteiger partial charge in [0.25, 0.3) is 5.91 Å². The van der Waals surface area contributed by atoms with E-state index in [0.29, 0.717) is 37.6 Å². The van der Waals surface area contributed by atoms with Crippen LogP contribution in [0.3, 0.4) is 0 Å². The van der Waals surface area contributed by atoms with E-state index in [1.807, 2.05) is 49.1 Å². The van der Waals surface area contributed by atoms with Gasteiger partial charge in [-0.2, -0.15) is 5.10 Å². The molecule has 0 spiro atoms. The van der Waals surface area contributed by atoms with E-state index in [9.17, 15) is 9.59 Å². The number of hydrazone groups is 1. The number of fused-ring (bicyclic) bond motifs is 2. The quantitative estimate of drug-likeness (QED) is 0.723. The first-order valence-corrected chi connectivity index (χ1v) is 11.2. The lowest BCUT2D eigenvalue weighted by Gasteiger charge is -2.36. The molecular weight excluding hydrogens is 406 g/mol. The molecule has 7 nitrogen and oxygen atoms in total. The first-order chi connectivity index (χ1) is 15.5. The normalized spacial score (nSPS) is 20.4. The van der Waals surface area contributed by atoms with Crippen LogP contribution in [0.4, 0.5) is 5.69 Å². The number of hydrogen-bond acceptors (Lipinski definition) is 5. The lowest BCUT2D eigenvalue weighted by Crippen LogP contribution is -2.45. The Morgan fingerprint density at radius 3 is 2.62 bits per heavy atom. The second kappa shape index (κ2) is 8.30. The van der Waals surface area contributed by atoms with E-state index in [4.69, 9.17) is 9.47 Å². The molecule has 2 aromatic rings. The average molecular weight is 434 g/mol. The number of carbonyl (C=O) groups is 2. The summed E-state index contributed by atoms with van der Waals surface area (Å²) in [4.78, 5) is 27.8. The number of hydrogen-bond donors (Lipinski definition) is 0. The maximum atomic E-state index is 13.5. The Kier molecular flexibility index (Phi) is 5.33. The molecule has 2 aromatic carbocycles. The number of benzene rings is 2. The topological polar surface area (TPSA) is 71.4 Å². The van der Waals surface area contributed by atoms with Gasteiger partial charge in [0.05, 0.1) is 24.9 Å². The summed E-state index contributed by atoms with van der Waals surface area (Å²) in [7, 11) is 0. The summed E-state index contributed by atoms with van der Waals surface area (Å²) < 4.78 is 11.7. The molecule has 32 heavy (non-hydrogen) atoms. The Morgan fingerprint density at radius 1 is 1.06 bits per heavy atom. The van der Waals surface area contributed by atoms with Crippen molar-refractivity contribution in [3.05, 3.63) is 53.1 Å². The van der Waals surface area contributed by atoms with Gasteiger partial charge in [-0.05, 0) is 61.2 Å². The van der Waals surface area contributed by atoms with Crippen molar-refractivity contribution in [1.29, 1.82) is 0 Å². The Hall–Kier alpha value is -3.35. The van der Waals surface area contributed by atoms with E-state index in [1.54, 1.807) is 0 Å². The van der Waals surface area contributed by atoms with Crippen LogP contribution >= 0.6 is 0 Å². The number of carbonyl (C=O) groups excluding carboxylic acids is 2. The van der Waals surface area contributed by atoms with Crippen molar-refractivity contribution < 1.29 is 19.1 Å². The number of anilines is 1. The zero-order valence-corrected chi connectivity index (χ0v) is 18.5. The molecule has 5 rings (SSSR count). The van der Waals surface area contributed by atoms with Gasteiger partial charge in [-0.3, -0.25) is 9.59 Å². The highest BCUT2D eigenvalue weighted by Crippen LogP contribution is 2.39. The van der Waals surface area contributed by atoms with E-state index in [0.717, 1.165) is 35.5 Å². The molecule has 0 aromatic heterocycles. The Balaban J connectivity index is 1.42. The Labute approximate surface area is 187 Å². The zero-order valence-electron chi connectivity index (χ0n) is 18.5. The maximum Gasteiger partial charge on any atom is 0.270 e. The number of amides is 2. The third kappa shape index (κ3) is 3.72. The highest BCUT2D eigenvalue weighted by atomic mass is 16.5. The molecule has 7 heteroatoms. The molecule has 2 amide bonds. The number of rotatable bonds is 2. The minimum absolute atomic E-state index is 0.0935. The third-order valence-electron chi connectivity index (χ3n) is 6.34. The van der Waals surface area contributed by atoms with Crippen molar-refractivity contribution in [3.8, 4) is 11.5 Å². The highest BCUT2D eigenvalue weighted by Gasteiger charge is 2.34. The van der Waals surface area contributed by atoms with Crippen LogP contribution in [0.15, 0.2) is 41.5 Å². The van der Waals surface area contributed by atoms with Gasteiger partial charge < -0.3 is 14.4 Å². The van der Waals surface area contributed by atoms with Crippen molar-refractivity contribution in [1.82, 2.24) is 4.90 Å². The first-order valence-electron chi connectivity index (χ1n) is 11.2. The summed E-state index contributed by atoms with van der Waals surface area (Å²) in [5.74, 6) is 1.33. The molecule has 3 aliphatic heterocycles. The molecule has 0 radical (unpaired) electrons.